The number of oxazole rings is 1. The Morgan fingerprint density at radius 1 is 1.11 bits per heavy atom. The van der Waals surface area contributed by atoms with Crippen molar-refractivity contribution in [1.82, 2.24) is 10.3 Å². The van der Waals surface area contributed by atoms with Crippen LogP contribution < -0.4 is 10.1 Å². The fourth-order valence-electron chi connectivity index (χ4n) is 3.81. The molecule has 0 aliphatic carbocycles. The van der Waals surface area contributed by atoms with Gasteiger partial charge in [0.05, 0.1) is 12.3 Å². The highest BCUT2D eigenvalue weighted by Crippen LogP contribution is 2.22. The van der Waals surface area contributed by atoms with Crippen molar-refractivity contribution >= 4 is 0 Å². The molecule has 1 aliphatic heterocycles. The summed E-state index contributed by atoms with van der Waals surface area (Å²) < 4.78 is 11.7. The standard InChI is InChI=1S/C24H28N2O2/c1-17-14-21(25-16-17)15-19-8-10-22(11-9-19)27-13-12-23-18(2)28-24(26-23)20-6-4-3-5-7-20/h3-11,17,21,25H,12-16H2,1-2H3/t17-,21+/m0/s1. The number of nitrogens with one attached hydrogen (secondary N) is 1. The molecule has 2 aromatic carbocycles. The predicted molar refractivity (Wildman–Crippen MR) is 112 cm³/mol. The summed E-state index contributed by atoms with van der Waals surface area (Å²) >= 11 is 0. The number of nitrogens with zero attached hydrogens (tertiary/aromatic N) is 1. The number of hydrogen-bond donors (Lipinski definition) is 1. The summed E-state index contributed by atoms with van der Waals surface area (Å²) in [5.74, 6) is 3.22. The highest BCUT2D eigenvalue weighted by Gasteiger charge is 2.20. The zero-order valence-electron chi connectivity index (χ0n) is 16.7. The minimum Gasteiger partial charge on any atom is -0.493 e. The average Bonchev–Trinajstić information content (AvgIpc) is 3.29. The Balaban J connectivity index is 1.29. The molecule has 4 rings (SSSR count). The number of aryl methyl sites for hydroxylation is 1. The van der Waals surface area contributed by atoms with E-state index in [1.54, 1.807) is 0 Å². The molecule has 0 saturated carbocycles. The SMILES string of the molecule is Cc1oc(-c2ccccc2)nc1CCOc1ccc(C[C@H]2C[C@H](C)CN2)cc1. The lowest BCUT2D eigenvalue weighted by atomic mass is 10.0. The van der Waals surface area contributed by atoms with E-state index in [2.05, 4.69) is 41.5 Å². The Morgan fingerprint density at radius 2 is 1.89 bits per heavy atom. The van der Waals surface area contributed by atoms with Crippen LogP contribution in [-0.4, -0.2) is 24.2 Å². The van der Waals surface area contributed by atoms with Gasteiger partial charge in [0.1, 0.15) is 11.5 Å². The molecular formula is C24H28N2O2. The third-order valence-corrected chi connectivity index (χ3v) is 5.37. The summed E-state index contributed by atoms with van der Waals surface area (Å²) in [6.45, 7) is 5.99. The number of aromatic nitrogens is 1. The molecule has 3 aromatic rings. The van der Waals surface area contributed by atoms with Crippen molar-refractivity contribution in [2.75, 3.05) is 13.2 Å². The van der Waals surface area contributed by atoms with Crippen molar-refractivity contribution < 1.29 is 9.15 Å². The molecule has 2 atom stereocenters. The van der Waals surface area contributed by atoms with Crippen LogP contribution in [0.4, 0.5) is 0 Å². The fraction of sp³-hybridized carbons (Fsp3) is 0.375. The van der Waals surface area contributed by atoms with Crippen molar-refractivity contribution in [2.24, 2.45) is 5.92 Å². The maximum Gasteiger partial charge on any atom is 0.226 e. The van der Waals surface area contributed by atoms with Gasteiger partial charge in [0.2, 0.25) is 5.89 Å². The van der Waals surface area contributed by atoms with E-state index >= 15 is 0 Å². The second-order valence-corrected chi connectivity index (χ2v) is 7.78. The quantitative estimate of drug-likeness (QED) is 0.643. The molecule has 1 fully saturated rings. The molecule has 1 aliphatic rings. The zero-order chi connectivity index (χ0) is 19.3. The van der Waals surface area contributed by atoms with Crippen LogP contribution in [0.15, 0.2) is 59.0 Å². The van der Waals surface area contributed by atoms with Gasteiger partial charge in [-0.2, -0.15) is 0 Å². The van der Waals surface area contributed by atoms with Crippen LogP contribution in [0.2, 0.25) is 0 Å². The van der Waals surface area contributed by atoms with Crippen LogP contribution >= 0.6 is 0 Å². The Kier molecular flexibility index (Phi) is 5.77. The molecular weight excluding hydrogens is 348 g/mol. The van der Waals surface area contributed by atoms with Gasteiger partial charge in [-0.25, -0.2) is 4.98 Å². The number of benzene rings is 2. The molecule has 0 radical (unpaired) electrons. The molecule has 0 spiro atoms. The molecule has 0 bridgehead atoms. The highest BCUT2D eigenvalue weighted by molar-refractivity contribution is 5.53. The minimum absolute atomic E-state index is 0.586. The first-order valence-electron chi connectivity index (χ1n) is 10.1. The topological polar surface area (TPSA) is 47.3 Å². The molecule has 28 heavy (non-hydrogen) atoms. The van der Waals surface area contributed by atoms with E-state index in [0.29, 0.717) is 18.5 Å². The second-order valence-electron chi connectivity index (χ2n) is 7.78. The van der Waals surface area contributed by atoms with Crippen LogP contribution in [0.1, 0.15) is 30.4 Å². The van der Waals surface area contributed by atoms with E-state index in [0.717, 1.165) is 48.1 Å². The van der Waals surface area contributed by atoms with E-state index in [1.165, 1.54) is 12.0 Å². The Morgan fingerprint density at radius 3 is 2.61 bits per heavy atom. The van der Waals surface area contributed by atoms with Crippen molar-refractivity contribution in [3.63, 3.8) is 0 Å². The van der Waals surface area contributed by atoms with Crippen LogP contribution in [0, 0.1) is 12.8 Å². The molecule has 0 amide bonds. The molecule has 1 aromatic heterocycles. The monoisotopic (exact) mass is 376 g/mol. The van der Waals surface area contributed by atoms with Crippen molar-refractivity contribution in [2.45, 2.75) is 39.2 Å². The summed E-state index contributed by atoms with van der Waals surface area (Å²) in [5.41, 5.74) is 3.32. The molecule has 4 heteroatoms. The molecule has 0 unspecified atom stereocenters. The van der Waals surface area contributed by atoms with E-state index in [1.807, 2.05) is 37.3 Å². The molecule has 1 N–H and O–H groups in total. The Labute approximate surface area is 167 Å². The number of ether oxygens (including phenoxy) is 1. The van der Waals surface area contributed by atoms with Gasteiger partial charge in [-0.1, -0.05) is 37.3 Å². The minimum atomic E-state index is 0.586. The van der Waals surface area contributed by atoms with Gasteiger partial charge in [-0.3, -0.25) is 0 Å². The van der Waals surface area contributed by atoms with Gasteiger partial charge < -0.3 is 14.5 Å². The first-order chi connectivity index (χ1) is 13.7. The van der Waals surface area contributed by atoms with Crippen LogP contribution in [0.25, 0.3) is 11.5 Å². The lowest BCUT2D eigenvalue weighted by Gasteiger charge is -2.11. The largest absolute Gasteiger partial charge is 0.493 e. The van der Waals surface area contributed by atoms with E-state index in [4.69, 9.17) is 9.15 Å². The fourth-order valence-corrected chi connectivity index (χ4v) is 3.81. The maximum atomic E-state index is 5.92. The van der Waals surface area contributed by atoms with Gasteiger partial charge in [-0.15, -0.1) is 0 Å². The normalized spacial score (nSPS) is 19.1. The third kappa shape index (κ3) is 4.63. The molecule has 4 nitrogen and oxygen atoms in total. The predicted octanol–water partition coefficient (Wildman–Crippen LogP) is 4.81. The van der Waals surface area contributed by atoms with Gasteiger partial charge in [-0.05, 0) is 62.1 Å². The number of rotatable bonds is 7. The summed E-state index contributed by atoms with van der Waals surface area (Å²) in [6.07, 6.45) is 3.08. The van der Waals surface area contributed by atoms with E-state index < -0.39 is 0 Å². The van der Waals surface area contributed by atoms with E-state index in [-0.39, 0.29) is 0 Å². The summed E-state index contributed by atoms with van der Waals surface area (Å²) in [5, 5.41) is 3.59. The second kappa shape index (κ2) is 8.61. The number of hydrogen-bond acceptors (Lipinski definition) is 4. The van der Waals surface area contributed by atoms with E-state index in [9.17, 15) is 0 Å². The molecule has 1 saturated heterocycles. The van der Waals surface area contributed by atoms with Crippen molar-refractivity contribution in [3.05, 3.63) is 71.6 Å². The van der Waals surface area contributed by atoms with Gasteiger partial charge in [0.15, 0.2) is 0 Å². The van der Waals surface area contributed by atoms with Crippen molar-refractivity contribution in [1.29, 1.82) is 0 Å². The zero-order valence-corrected chi connectivity index (χ0v) is 16.7. The molecule has 2 heterocycles. The van der Waals surface area contributed by atoms with Gasteiger partial charge in [0.25, 0.3) is 0 Å². The highest BCUT2D eigenvalue weighted by atomic mass is 16.5. The Bertz CT molecular complexity index is 887. The average molecular weight is 377 g/mol. The maximum absolute atomic E-state index is 5.92. The smallest absolute Gasteiger partial charge is 0.226 e. The first kappa shape index (κ1) is 18.8. The van der Waals surface area contributed by atoms with Crippen LogP contribution in [0.3, 0.4) is 0 Å². The van der Waals surface area contributed by atoms with Gasteiger partial charge >= 0.3 is 0 Å². The van der Waals surface area contributed by atoms with Gasteiger partial charge in [0, 0.05) is 18.0 Å². The first-order valence-corrected chi connectivity index (χ1v) is 10.1. The van der Waals surface area contributed by atoms with Crippen LogP contribution in [0.5, 0.6) is 5.75 Å². The van der Waals surface area contributed by atoms with Crippen LogP contribution in [-0.2, 0) is 12.8 Å². The lowest BCUT2D eigenvalue weighted by molar-refractivity contribution is 0.320. The van der Waals surface area contributed by atoms with Crippen molar-refractivity contribution in [3.8, 4) is 17.2 Å². The lowest BCUT2D eigenvalue weighted by Crippen LogP contribution is -2.23. The summed E-state index contributed by atoms with van der Waals surface area (Å²) in [7, 11) is 0. The molecule has 146 valence electrons. The Hall–Kier alpha value is -2.59. The summed E-state index contributed by atoms with van der Waals surface area (Å²) in [6, 6.07) is 19.1. The third-order valence-electron chi connectivity index (χ3n) is 5.37. The summed E-state index contributed by atoms with van der Waals surface area (Å²) in [4.78, 5) is 4.64.